The molecule has 1 saturated heterocycles. The zero-order valence-electron chi connectivity index (χ0n) is 7.77. The van der Waals surface area contributed by atoms with Crippen molar-refractivity contribution in [1.29, 1.82) is 0 Å². The molecule has 13 heavy (non-hydrogen) atoms. The lowest BCUT2D eigenvalue weighted by Crippen LogP contribution is -2.14. The molecule has 2 rings (SSSR count). The Kier molecular flexibility index (Phi) is 2.33. The second kappa shape index (κ2) is 3.47. The van der Waals surface area contributed by atoms with Crippen LogP contribution in [-0.2, 0) is 7.05 Å². The van der Waals surface area contributed by atoms with Crippen LogP contribution in [0.1, 0.15) is 11.5 Å². The van der Waals surface area contributed by atoms with Crippen LogP contribution >= 0.6 is 0 Å². The van der Waals surface area contributed by atoms with E-state index in [-0.39, 0.29) is 6.61 Å². The summed E-state index contributed by atoms with van der Waals surface area (Å²) in [4.78, 5) is 0. The zero-order chi connectivity index (χ0) is 9.26. The Labute approximate surface area is 77.6 Å². The Hall–Kier alpha value is -0.870. The third-order valence-corrected chi connectivity index (χ3v) is 2.73. The summed E-state index contributed by atoms with van der Waals surface area (Å²) < 4.78 is 1.81. The van der Waals surface area contributed by atoms with E-state index in [0.717, 1.165) is 13.1 Å². The molecule has 1 fully saturated rings. The highest BCUT2D eigenvalue weighted by Crippen LogP contribution is 2.26. The van der Waals surface area contributed by atoms with Crippen molar-refractivity contribution in [3.8, 4) is 0 Å². The van der Waals surface area contributed by atoms with Crippen LogP contribution in [0.25, 0.3) is 0 Å². The van der Waals surface area contributed by atoms with E-state index < -0.39 is 0 Å². The van der Waals surface area contributed by atoms with E-state index >= 15 is 0 Å². The molecule has 1 aliphatic heterocycles. The van der Waals surface area contributed by atoms with Gasteiger partial charge >= 0.3 is 0 Å². The molecule has 1 aliphatic rings. The van der Waals surface area contributed by atoms with Crippen LogP contribution in [0, 0.1) is 5.92 Å². The van der Waals surface area contributed by atoms with Gasteiger partial charge in [0.15, 0.2) is 0 Å². The summed E-state index contributed by atoms with van der Waals surface area (Å²) in [6, 6.07) is 0. The number of hydrogen-bond acceptors (Lipinski definition) is 3. The first kappa shape index (κ1) is 8.72. The highest BCUT2D eigenvalue weighted by atomic mass is 16.3. The van der Waals surface area contributed by atoms with Crippen molar-refractivity contribution in [2.75, 3.05) is 19.7 Å². The van der Waals surface area contributed by atoms with Gasteiger partial charge in [-0.1, -0.05) is 0 Å². The SMILES string of the molecule is Cn1cc([C@@H]2CNC[C@H]2CO)cn1. The van der Waals surface area contributed by atoms with Gasteiger partial charge in [0.1, 0.15) is 0 Å². The summed E-state index contributed by atoms with van der Waals surface area (Å²) in [6.07, 6.45) is 3.92. The van der Waals surface area contributed by atoms with Crippen molar-refractivity contribution >= 4 is 0 Å². The summed E-state index contributed by atoms with van der Waals surface area (Å²) in [5, 5.41) is 16.6. The van der Waals surface area contributed by atoms with Crippen LogP contribution in [0.3, 0.4) is 0 Å². The molecule has 0 amide bonds. The lowest BCUT2D eigenvalue weighted by molar-refractivity contribution is 0.226. The van der Waals surface area contributed by atoms with Crippen LogP contribution in [0.15, 0.2) is 12.4 Å². The third kappa shape index (κ3) is 1.59. The molecule has 0 bridgehead atoms. The lowest BCUT2D eigenvalue weighted by Gasteiger charge is -2.13. The average Bonchev–Trinajstić information content (AvgIpc) is 2.71. The molecule has 0 saturated carbocycles. The standard InChI is InChI=1S/C9H15N3O/c1-12-5-7(3-11-12)9-4-10-2-8(9)6-13/h3,5,8-10,13H,2,4,6H2,1H3/t8-,9-/m0/s1. The largest absolute Gasteiger partial charge is 0.396 e. The van der Waals surface area contributed by atoms with Gasteiger partial charge in [0.25, 0.3) is 0 Å². The monoisotopic (exact) mass is 181 g/mol. The molecule has 1 aromatic rings. The Morgan fingerprint density at radius 1 is 1.69 bits per heavy atom. The van der Waals surface area contributed by atoms with Crippen molar-refractivity contribution < 1.29 is 5.11 Å². The minimum absolute atomic E-state index is 0.257. The van der Waals surface area contributed by atoms with E-state index in [4.69, 9.17) is 5.11 Å². The maximum absolute atomic E-state index is 9.14. The molecule has 4 nitrogen and oxygen atoms in total. The Morgan fingerprint density at radius 2 is 2.54 bits per heavy atom. The topological polar surface area (TPSA) is 50.1 Å². The van der Waals surface area contributed by atoms with Crippen molar-refractivity contribution in [3.63, 3.8) is 0 Å². The van der Waals surface area contributed by atoms with Gasteiger partial charge in [-0.3, -0.25) is 4.68 Å². The lowest BCUT2D eigenvalue weighted by atomic mass is 9.92. The highest BCUT2D eigenvalue weighted by Gasteiger charge is 2.28. The third-order valence-electron chi connectivity index (χ3n) is 2.73. The van der Waals surface area contributed by atoms with Gasteiger partial charge in [-0.15, -0.1) is 0 Å². The summed E-state index contributed by atoms with van der Waals surface area (Å²) in [6.45, 7) is 2.12. The molecule has 72 valence electrons. The molecule has 2 N–H and O–H groups in total. The number of aromatic nitrogens is 2. The van der Waals surface area contributed by atoms with Gasteiger partial charge in [-0.2, -0.15) is 5.10 Å². The molecule has 2 heterocycles. The maximum atomic E-state index is 9.14. The van der Waals surface area contributed by atoms with Gasteiger partial charge in [-0.05, 0) is 5.56 Å². The Morgan fingerprint density at radius 3 is 3.15 bits per heavy atom. The van der Waals surface area contributed by atoms with Gasteiger partial charge in [0.2, 0.25) is 0 Å². The molecule has 2 atom stereocenters. The number of aliphatic hydroxyl groups excluding tert-OH is 1. The van der Waals surface area contributed by atoms with Gasteiger partial charge < -0.3 is 10.4 Å². The fourth-order valence-corrected chi connectivity index (χ4v) is 1.95. The van der Waals surface area contributed by atoms with Crippen LogP contribution in [0.4, 0.5) is 0 Å². The van der Waals surface area contributed by atoms with Crippen molar-refractivity contribution in [2.24, 2.45) is 13.0 Å². The normalized spacial score (nSPS) is 28.2. The van der Waals surface area contributed by atoms with E-state index in [2.05, 4.69) is 10.4 Å². The average molecular weight is 181 g/mol. The smallest absolute Gasteiger partial charge is 0.0525 e. The number of nitrogens with one attached hydrogen (secondary N) is 1. The van der Waals surface area contributed by atoms with E-state index in [9.17, 15) is 0 Å². The number of hydrogen-bond donors (Lipinski definition) is 2. The quantitative estimate of drug-likeness (QED) is 0.659. The van der Waals surface area contributed by atoms with Crippen molar-refractivity contribution in [3.05, 3.63) is 18.0 Å². The predicted octanol–water partition coefficient (Wildman–Crippen LogP) is -0.285. The molecule has 0 aliphatic carbocycles. The van der Waals surface area contributed by atoms with Gasteiger partial charge in [-0.25, -0.2) is 0 Å². The summed E-state index contributed by atoms with van der Waals surface area (Å²) in [5.41, 5.74) is 1.23. The van der Waals surface area contributed by atoms with Crippen LogP contribution in [-0.4, -0.2) is 34.6 Å². The summed E-state index contributed by atoms with van der Waals surface area (Å²) >= 11 is 0. The molecular weight excluding hydrogens is 166 g/mol. The highest BCUT2D eigenvalue weighted by molar-refractivity contribution is 5.15. The van der Waals surface area contributed by atoms with E-state index in [1.54, 1.807) is 0 Å². The van der Waals surface area contributed by atoms with Crippen molar-refractivity contribution in [2.45, 2.75) is 5.92 Å². The molecule has 0 unspecified atom stereocenters. The zero-order valence-corrected chi connectivity index (χ0v) is 7.77. The first-order valence-electron chi connectivity index (χ1n) is 4.61. The Balaban J connectivity index is 2.15. The van der Waals surface area contributed by atoms with E-state index in [1.165, 1.54) is 5.56 Å². The fourth-order valence-electron chi connectivity index (χ4n) is 1.95. The second-order valence-corrected chi connectivity index (χ2v) is 3.65. The predicted molar refractivity (Wildman–Crippen MR) is 49.4 cm³/mol. The number of aryl methyl sites for hydroxylation is 1. The fraction of sp³-hybridized carbons (Fsp3) is 0.667. The molecule has 4 heteroatoms. The Bertz CT molecular complexity index is 284. The molecule has 0 radical (unpaired) electrons. The minimum atomic E-state index is 0.257. The van der Waals surface area contributed by atoms with Crippen molar-refractivity contribution in [1.82, 2.24) is 15.1 Å². The van der Waals surface area contributed by atoms with Crippen LogP contribution < -0.4 is 5.32 Å². The molecular formula is C9H15N3O. The molecule has 1 aromatic heterocycles. The van der Waals surface area contributed by atoms with Crippen LogP contribution in [0.2, 0.25) is 0 Å². The van der Waals surface area contributed by atoms with Crippen LogP contribution in [0.5, 0.6) is 0 Å². The number of nitrogens with zero attached hydrogens (tertiary/aromatic N) is 2. The summed E-state index contributed by atoms with van der Waals surface area (Å²) in [7, 11) is 1.92. The first-order valence-corrected chi connectivity index (χ1v) is 4.61. The minimum Gasteiger partial charge on any atom is -0.396 e. The summed E-state index contributed by atoms with van der Waals surface area (Å²) in [5.74, 6) is 0.780. The molecule has 0 aromatic carbocycles. The van der Waals surface area contributed by atoms with E-state index in [0.29, 0.717) is 11.8 Å². The van der Waals surface area contributed by atoms with Gasteiger partial charge in [0, 0.05) is 44.8 Å². The first-order chi connectivity index (χ1) is 6.31. The van der Waals surface area contributed by atoms with Gasteiger partial charge in [0.05, 0.1) is 6.20 Å². The number of aliphatic hydroxyl groups is 1. The molecule has 0 spiro atoms. The maximum Gasteiger partial charge on any atom is 0.0525 e. The second-order valence-electron chi connectivity index (χ2n) is 3.65. The number of rotatable bonds is 2. The van der Waals surface area contributed by atoms with E-state index in [1.807, 2.05) is 24.1 Å².